The molecular formula is C17H20N4O2. The minimum absolute atomic E-state index is 0.167. The molecule has 0 spiro atoms. The Labute approximate surface area is 135 Å². The molecule has 23 heavy (non-hydrogen) atoms. The first kappa shape index (κ1) is 15.6. The van der Waals surface area contributed by atoms with Crippen molar-refractivity contribution in [1.82, 2.24) is 20.0 Å². The van der Waals surface area contributed by atoms with E-state index in [1.807, 2.05) is 38.2 Å². The number of hydrogen-bond acceptors (Lipinski definition) is 6. The van der Waals surface area contributed by atoms with Gasteiger partial charge in [0.15, 0.2) is 5.82 Å². The van der Waals surface area contributed by atoms with Gasteiger partial charge in [-0.15, -0.1) is 0 Å². The number of hydrogen-bond donors (Lipinski definition) is 0. The van der Waals surface area contributed by atoms with Gasteiger partial charge in [-0.3, -0.25) is 9.88 Å². The van der Waals surface area contributed by atoms with Gasteiger partial charge >= 0.3 is 0 Å². The van der Waals surface area contributed by atoms with Gasteiger partial charge in [-0.2, -0.15) is 4.98 Å². The normalized spacial score (nSPS) is 12.9. The Balaban J connectivity index is 1.66. The third-order valence-corrected chi connectivity index (χ3v) is 3.69. The molecule has 0 aliphatic carbocycles. The highest BCUT2D eigenvalue weighted by Crippen LogP contribution is 2.15. The van der Waals surface area contributed by atoms with Gasteiger partial charge in [-0.1, -0.05) is 29.4 Å². The van der Waals surface area contributed by atoms with Gasteiger partial charge in [0.05, 0.1) is 17.8 Å². The summed E-state index contributed by atoms with van der Waals surface area (Å²) in [6.45, 7) is 3.16. The first-order valence-electron chi connectivity index (χ1n) is 7.54. The maximum atomic E-state index is 5.26. The lowest BCUT2D eigenvalue weighted by atomic mass is 10.2. The fourth-order valence-electron chi connectivity index (χ4n) is 2.36. The molecule has 0 saturated heterocycles. The van der Waals surface area contributed by atoms with Crippen LogP contribution in [0.1, 0.15) is 30.4 Å². The van der Waals surface area contributed by atoms with Crippen molar-refractivity contribution in [2.45, 2.75) is 26.1 Å². The average Bonchev–Trinajstić information content (AvgIpc) is 3.02. The van der Waals surface area contributed by atoms with Crippen molar-refractivity contribution >= 4 is 10.9 Å². The summed E-state index contributed by atoms with van der Waals surface area (Å²) in [5.74, 6) is 1.15. The Kier molecular flexibility index (Phi) is 4.64. The van der Waals surface area contributed by atoms with Crippen LogP contribution in [0.25, 0.3) is 10.9 Å². The Morgan fingerprint density at radius 2 is 1.96 bits per heavy atom. The monoisotopic (exact) mass is 312 g/mol. The maximum absolute atomic E-state index is 5.26. The molecule has 2 aromatic heterocycles. The zero-order valence-electron chi connectivity index (χ0n) is 13.6. The topological polar surface area (TPSA) is 64.3 Å². The maximum Gasteiger partial charge on any atom is 0.240 e. The van der Waals surface area contributed by atoms with Crippen molar-refractivity contribution < 1.29 is 9.26 Å². The van der Waals surface area contributed by atoms with E-state index in [1.54, 1.807) is 7.11 Å². The Morgan fingerprint density at radius 1 is 1.13 bits per heavy atom. The lowest BCUT2D eigenvalue weighted by Gasteiger charge is -2.13. The van der Waals surface area contributed by atoms with Crippen LogP contribution in [0.5, 0.6) is 0 Å². The van der Waals surface area contributed by atoms with Gasteiger partial charge in [-0.05, 0) is 26.1 Å². The van der Waals surface area contributed by atoms with Crippen LogP contribution in [0, 0.1) is 0 Å². The lowest BCUT2D eigenvalue weighted by molar-refractivity contribution is 0.109. The van der Waals surface area contributed by atoms with E-state index in [1.165, 1.54) is 0 Å². The zero-order chi connectivity index (χ0) is 16.2. The molecule has 2 heterocycles. The highest BCUT2D eigenvalue weighted by molar-refractivity contribution is 5.78. The molecule has 0 bridgehead atoms. The molecule has 0 unspecified atom stereocenters. The predicted octanol–water partition coefficient (Wildman–Crippen LogP) is 2.96. The number of methoxy groups -OCH3 is 1. The second-order valence-corrected chi connectivity index (χ2v) is 5.59. The number of rotatable bonds is 6. The van der Waals surface area contributed by atoms with E-state index in [0.29, 0.717) is 24.8 Å². The minimum atomic E-state index is -0.167. The summed E-state index contributed by atoms with van der Waals surface area (Å²) in [5.41, 5.74) is 2.02. The van der Waals surface area contributed by atoms with Gasteiger partial charge < -0.3 is 9.26 Å². The molecule has 1 atom stereocenters. The van der Waals surface area contributed by atoms with E-state index in [0.717, 1.165) is 16.6 Å². The molecule has 0 radical (unpaired) electrons. The zero-order valence-corrected chi connectivity index (χ0v) is 13.6. The fraction of sp³-hybridized carbons (Fsp3) is 0.353. The van der Waals surface area contributed by atoms with Crippen LogP contribution in [0.15, 0.2) is 40.9 Å². The van der Waals surface area contributed by atoms with Crippen molar-refractivity contribution in [2.24, 2.45) is 0 Å². The molecule has 3 rings (SSSR count). The van der Waals surface area contributed by atoms with Crippen LogP contribution in [-0.4, -0.2) is 34.2 Å². The third-order valence-electron chi connectivity index (χ3n) is 3.69. The summed E-state index contributed by atoms with van der Waals surface area (Å²) in [6, 6.07) is 12.2. The molecule has 6 nitrogen and oxygen atoms in total. The molecule has 0 N–H and O–H groups in total. The first-order valence-corrected chi connectivity index (χ1v) is 7.54. The summed E-state index contributed by atoms with van der Waals surface area (Å²) in [4.78, 5) is 11.1. The van der Waals surface area contributed by atoms with Gasteiger partial charge in [0, 0.05) is 19.0 Å². The predicted molar refractivity (Wildman–Crippen MR) is 86.6 cm³/mol. The number of fused-ring (bicyclic) bond motifs is 1. The highest BCUT2D eigenvalue weighted by Gasteiger charge is 2.14. The van der Waals surface area contributed by atoms with Crippen LogP contribution >= 0.6 is 0 Å². The standard InChI is InChI=1S/C17H20N4O2/c1-12(22-3)17-19-16(23-20-17)11-21(2)10-14-9-8-13-6-4-5-7-15(13)18-14/h4-9,12H,10-11H2,1-3H3/t12-/m0/s1. The minimum Gasteiger partial charge on any atom is -0.374 e. The summed E-state index contributed by atoms with van der Waals surface area (Å²) in [5, 5.41) is 5.08. The van der Waals surface area contributed by atoms with Crippen molar-refractivity contribution in [1.29, 1.82) is 0 Å². The quantitative estimate of drug-likeness (QED) is 0.697. The molecule has 120 valence electrons. The first-order chi connectivity index (χ1) is 11.2. The highest BCUT2D eigenvalue weighted by atomic mass is 16.5. The van der Waals surface area contributed by atoms with Gasteiger partial charge in [0.2, 0.25) is 5.89 Å². The summed E-state index contributed by atoms with van der Waals surface area (Å²) in [6.07, 6.45) is -0.167. The SMILES string of the molecule is CO[C@@H](C)c1noc(CN(C)Cc2ccc3ccccc3n2)n1. The van der Waals surface area contributed by atoms with E-state index in [-0.39, 0.29) is 6.10 Å². The van der Waals surface area contributed by atoms with Crippen LogP contribution in [0.4, 0.5) is 0 Å². The molecule has 0 amide bonds. The van der Waals surface area contributed by atoms with Crippen molar-refractivity contribution in [2.75, 3.05) is 14.2 Å². The van der Waals surface area contributed by atoms with Crippen molar-refractivity contribution in [3.8, 4) is 0 Å². The Hall–Kier alpha value is -2.31. The molecule has 1 aromatic carbocycles. The van der Waals surface area contributed by atoms with E-state index in [2.05, 4.69) is 32.2 Å². The third kappa shape index (κ3) is 3.72. The van der Waals surface area contributed by atoms with Crippen molar-refractivity contribution in [3.63, 3.8) is 0 Å². The second kappa shape index (κ2) is 6.85. The van der Waals surface area contributed by atoms with Gasteiger partial charge in [0.25, 0.3) is 0 Å². The number of para-hydroxylation sites is 1. The molecule has 6 heteroatoms. The van der Waals surface area contributed by atoms with Crippen LogP contribution in [0.2, 0.25) is 0 Å². The molecule has 0 aliphatic rings. The number of pyridine rings is 1. The molecule has 0 fully saturated rings. The molecule has 0 saturated carbocycles. The van der Waals surface area contributed by atoms with Crippen molar-refractivity contribution in [3.05, 3.63) is 53.8 Å². The van der Waals surface area contributed by atoms with Gasteiger partial charge in [0.1, 0.15) is 6.10 Å². The number of nitrogens with zero attached hydrogens (tertiary/aromatic N) is 4. The van der Waals surface area contributed by atoms with E-state index >= 15 is 0 Å². The smallest absolute Gasteiger partial charge is 0.240 e. The summed E-state index contributed by atoms with van der Waals surface area (Å²) < 4.78 is 10.4. The van der Waals surface area contributed by atoms with E-state index < -0.39 is 0 Å². The molecule has 0 aliphatic heterocycles. The van der Waals surface area contributed by atoms with Crippen LogP contribution in [0.3, 0.4) is 0 Å². The lowest BCUT2D eigenvalue weighted by Crippen LogP contribution is -2.18. The van der Waals surface area contributed by atoms with E-state index in [4.69, 9.17) is 9.26 Å². The largest absolute Gasteiger partial charge is 0.374 e. The number of benzene rings is 1. The summed E-state index contributed by atoms with van der Waals surface area (Å²) in [7, 11) is 3.62. The molecule has 3 aromatic rings. The van der Waals surface area contributed by atoms with Crippen LogP contribution < -0.4 is 0 Å². The van der Waals surface area contributed by atoms with E-state index in [9.17, 15) is 0 Å². The number of ether oxygens (including phenoxy) is 1. The Morgan fingerprint density at radius 3 is 2.78 bits per heavy atom. The summed E-state index contributed by atoms with van der Waals surface area (Å²) >= 11 is 0. The fourth-order valence-corrected chi connectivity index (χ4v) is 2.36. The van der Waals surface area contributed by atoms with Gasteiger partial charge in [-0.25, -0.2) is 0 Å². The average molecular weight is 312 g/mol. The second-order valence-electron chi connectivity index (χ2n) is 5.59. The Bertz CT molecular complexity index is 787. The molecular weight excluding hydrogens is 292 g/mol. The van der Waals surface area contributed by atoms with Crippen LogP contribution in [-0.2, 0) is 17.8 Å². The number of aromatic nitrogens is 3.